The first-order chi connectivity index (χ1) is 10.1. The molecule has 1 aromatic carbocycles. The summed E-state index contributed by atoms with van der Waals surface area (Å²) in [5.74, 6) is 0.301. The Morgan fingerprint density at radius 3 is 2.81 bits per heavy atom. The molecule has 2 rings (SSSR count). The zero-order valence-electron chi connectivity index (χ0n) is 11.2. The van der Waals surface area contributed by atoms with Gasteiger partial charge in [0.15, 0.2) is 0 Å². The quantitative estimate of drug-likeness (QED) is 0.668. The normalized spacial score (nSPS) is 9.90. The standard InChI is InChI=1S/C14H12N4O3/c1-16-8-11-3-5-14(17-9-11)21-13-4-2-10(7-15)6-12(13)18(19)20/h2-6,9,16H,8H2,1H3. The van der Waals surface area contributed by atoms with E-state index in [1.54, 1.807) is 12.3 Å². The summed E-state index contributed by atoms with van der Waals surface area (Å²) >= 11 is 0. The van der Waals surface area contributed by atoms with Crippen LogP contribution in [0.1, 0.15) is 11.1 Å². The van der Waals surface area contributed by atoms with Crippen molar-refractivity contribution in [1.29, 1.82) is 5.26 Å². The molecule has 1 aromatic heterocycles. The molecule has 21 heavy (non-hydrogen) atoms. The van der Waals surface area contributed by atoms with Crippen LogP contribution in [0.25, 0.3) is 0 Å². The predicted octanol–water partition coefficient (Wildman–Crippen LogP) is 2.37. The predicted molar refractivity (Wildman–Crippen MR) is 74.9 cm³/mol. The molecular formula is C14H12N4O3. The molecule has 0 radical (unpaired) electrons. The van der Waals surface area contributed by atoms with Crippen LogP contribution in [0.15, 0.2) is 36.5 Å². The number of rotatable bonds is 5. The maximum Gasteiger partial charge on any atom is 0.312 e. The third-order valence-corrected chi connectivity index (χ3v) is 2.68. The Morgan fingerprint density at radius 1 is 1.43 bits per heavy atom. The fourth-order valence-electron chi connectivity index (χ4n) is 1.71. The summed E-state index contributed by atoms with van der Waals surface area (Å²) in [6.07, 6.45) is 1.63. The highest BCUT2D eigenvalue weighted by Gasteiger charge is 2.17. The monoisotopic (exact) mass is 284 g/mol. The van der Waals surface area contributed by atoms with Gasteiger partial charge in [-0.1, -0.05) is 6.07 Å². The molecule has 0 atom stereocenters. The van der Waals surface area contributed by atoms with Crippen LogP contribution in [0.4, 0.5) is 5.69 Å². The van der Waals surface area contributed by atoms with E-state index in [4.69, 9.17) is 10.00 Å². The summed E-state index contributed by atoms with van der Waals surface area (Å²) < 4.78 is 5.42. The SMILES string of the molecule is CNCc1ccc(Oc2ccc(C#N)cc2[N+](=O)[O-])nc1. The van der Waals surface area contributed by atoms with Crippen LogP contribution in [0, 0.1) is 21.4 Å². The molecule has 1 heterocycles. The number of pyridine rings is 1. The summed E-state index contributed by atoms with van der Waals surface area (Å²) in [5.41, 5.74) is 0.903. The van der Waals surface area contributed by atoms with Crippen LogP contribution < -0.4 is 10.1 Å². The molecule has 0 unspecified atom stereocenters. The van der Waals surface area contributed by atoms with Crippen LogP contribution in [-0.4, -0.2) is 17.0 Å². The number of nitro groups is 1. The van der Waals surface area contributed by atoms with Gasteiger partial charge in [-0.25, -0.2) is 4.98 Å². The minimum atomic E-state index is -0.592. The summed E-state index contributed by atoms with van der Waals surface area (Å²) in [6.45, 7) is 0.671. The molecule has 1 N–H and O–H groups in total. The zero-order valence-corrected chi connectivity index (χ0v) is 11.2. The molecule has 0 saturated carbocycles. The van der Waals surface area contributed by atoms with Gasteiger partial charge in [-0.15, -0.1) is 0 Å². The second kappa shape index (κ2) is 6.45. The van der Waals surface area contributed by atoms with Gasteiger partial charge in [0.1, 0.15) is 0 Å². The Morgan fingerprint density at radius 2 is 2.24 bits per heavy atom. The summed E-state index contributed by atoms with van der Waals surface area (Å²) in [4.78, 5) is 14.5. The number of aromatic nitrogens is 1. The first-order valence-corrected chi connectivity index (χ1v) is 6.10. The van der Waals surface area contributed by atoms with Crippen molar-refractivity contribution in [1.82, 2.24) is 10.3 Å². The third-order valence-electron chi connectivity index (χ3n) is 2.68. The number of hydrogen-bond acceptors (Lipinski definition) is 6. The van der Waals surface area contributed by atoms with Gasteiger partial charge in [-0.2, -0.15) is 5.26 Å². The first kappa shape index (κ1) is 14.4. The van der Waals surface area contributed by atoms with E-state index in [2.05, 4.69) is 10.3 Å². The van der Waals surface area contributed by atoms with E-state index in [0.717, 1.165) is 5.56 Å². The van der Waals surface area contributed by atoms with Crippen molar-refractivity contribution in [2.75, 3.05) is 7.05 Å². The Labute approximate surface area is 121 Å². The fourth-order valence-corrected chi connectivity index (χ4v) is 1.71. The highest BCUT2D eigenvalue weighted by Crippen LogP contribution is 2.31. The lowest BCUT2D eigenvalue weighted by atomic mass is 10.2. The number of nitrogens with one attached hydrogen (secondary N) is 1. The second-order valence-corrected chi connectivity index (χ2v) is 4.19. The van der Waals surface area contributed by atoms with Crippen molar-refractivity contribution >= 4 is 5.69 Å². The molecule has 0 saturated heterocycles. The molecule has 0 aliphatic carbocycles. The zero-order chi connectivity index (χ0) is 15.2. The first-order valence-electron chi connectivity index (χ1n) is 6.10. The van der Waals surface area contributed by atoms with Crippen LogP contribution in [0.2, 0.25) is 0 Å². The summed E-state index contributed by atoms with van der Waals surface area (Å²) in [5, 5.41) is 22.8. The molecule has 0 aliphatic rings. The van der Waals surface area contributed by atoms with E-state index >= 15 is 0 Å². The molecule has 0 fully saturated rings. The lowest BCUT2D eigenvalue weighted by Gasteiger charge is -2.06. The summed E-state index contributed by atoms with van der Waals surface area (Å²) in [6, 6.07) is 9.32. The maximum absolute atomic E-state index is 11.0. The molecule has 0 amide bonds. The van der Waals surface area contributed by atoms with E-state index in [-0.39, 0.29) is 22.9 Å². The van der Waals surface area contributed by atoms with Gasteiger partial charge < -0.3 is 10.1 Å². The highest BCUT2D eigenvalue weighted by molar-refractivity contribution is 5.52. The largest absolute Gasteiger partial charge is 0.432 e. The average molecular weight is 284 g/mol. The van der Waals surface area contributed by atoms with Gasteiger partial charge in [0.2, 0.25) is 11.6 Å². The number of ether oxygens (including phenoxy) is 1. The van der Waals surface area contributed by atoms with Crippen molar-refractivity contribution in [2.24, 2.45) is 0 Å². The minimum Gasteiger partial charge on any atom is -0.432 e. The van der Waals surface area contributed by atoms with Crippen molar-refractivity contribution in [3.05, 3.63) is 57.8 Å². The number of benzene rings is 1. The van der Waals surface area contributed by atoms with Gasteiger partial charge in [-0.3, -0.25) is 10.1 Å². The van der Waals surface area contributed by atoms with E-state index in [0.29, 0.717) is 6.54 Å². The van der Waals surface area contributed by atoms with Crippen molar-refractivity contribution in [3.8, 4) is 17.7 Å². The number of hydrogen-bond donors (Lipinski definition) is 1. The molecule has 0 spiro atoms. The van der Waals surface area contributed by atoms with Crippen molar-refractivity contribution in [2.45, 2.75) is 6.54 Å². The molecule has 0 bridgehead atoms. The van der Waals surface area contributed by atoms with Crippen molar-refractivity contribution < 1.29 is 9.66 Å². The smallest absolute Gasteiger partial charge is 0.312 e. The number of nitriles is 1. The van der Waals surface area contributed by atoms with E-state index in [9.17, 15) is 10.1 Å². The van der Waals surface area contributed by atoms with Gasteiger partial charge in [-0.05, 0) is 24.7 Å². The average Bonchev–Trinajstić information content (AvgIpc) is 2.49. The van der Waals surface area contributed by atoms with Gasteiger partial charge >= 0.3 is 5.69 Å². The molecule has 106 valence electrons. The van der Waals surface area contributed by atoms with Crippen LogP contribution in [0.5, 0.6) is 11.6 Å². The van der Waals surface area contributed by atoms with E-state index in [1.807, 2.05) is 19.2 Å². The lowest BCUT2D eigenvalue weighted by molar-refractivity contribution is -0.385. The van der Waals surface area contributed by atoms with Crippen LogP contribution >= 0.6 is 0 Å². The Balaban J connectivity index is 2.26. The van der Waals surface area contributed by atoms with Gasteiger partial charge in [0, 0.05) is 24.9 Å². The maximum atomic E-state index is 11.0. The topological polar surface area (TPSA) is 101 Å². The fraction of sp³-hybridized carbons (Fsp3) is 0.143. The molecule has 7 nitrogen and oxygen atoms in total. The molecule has 7 heteroatoms. The Bertz CT molecular complexity index is 692. The molecule has 2 aromatic rings. The second-order valence-electron chi connectivity index (χ2n) is 4.19. The molecule has 0 aliphatic heterocycles. The summed E-state index contributed by atoms with van der Waals surface area (Å²) in [7, 11) is 1.82. The Hall–Kier alpha value is -2.98. The lowest BCUT2D eigenvalue weighted by Crippen LogP contribution is -2.05. The Kier molecular flexibility index (Phi) is 4.43. The highest BCUT2D eigenvalue weighted by atomic mass is 16.6. The number of nitrogens with zero attached hydrogens (tertiary/aromatic N) is 3. The molecular weight excluding hydrogens is 272 g/mol. The van der Waals surface area contributed by atoms with Gasteiger partial charge in [0.05, 0.1) is 16.6 Å². The van der Waals surface area contributed by atoms with Gasteiger partial charge in [0.25, 0.3) is 0 Å². The van der Waals surface area contributed by atoms with Crippen molar-refractivity contribution in [3.63, 3.8) is 0 Å². The third kappa shape index (κ3) is 3.52. The minimum absolute atomic E-state index is 0.0490. The number of nitro benzene ring substituents is 1. The van der Waals surface area contributed by atoms with Crippen LogP contribution in [0.3, 0.4) is 0 Å². The van der Waals surface area contributed by atoms with E-state index < -0.39 is 4.92 Å². The van der Waals surface area contributed by atoms with Crippen LogP contribution in [-0.2, 0) is 6.54 Å². The van der Waals surface area contributed by atoms with E-state index in [1.165, 1.54) is 18.2 Å².